The lowest BCUT2D eigenvalue weighted by molar-refractivity contribution is -0.143. The second kappa shape index (κ2) is 65.9. The van der Waals surface area contributed by atoms with Gasteiger partial charge in [-0.05, 0) is 57.8 Å². The van der Waals surface area contributed by atoms with Gasteiger partial charge in [0.15, 0.2) is 0 Å². The SMILES string of the molecule is CCCCCCCCCCCCCCCCCCCCCCC/C=C/C(O)C(CO)NC(=O)CCCCCCCCC/C=C\CCCCCCCCCCCCCOC(=O)CCCCCCCCCCCCCCCC. The number of aliphatic hydroxyl groups excluding tert-OH is 2. The van der Waals surface area contributed by atoms with Crippen molar-refractivity contribution in [3.63, 3.8) is 0 Å². The maximum Gasteiger partial charge on any atom is 0.305 e. The zero-order chi connectivity index (χ0) is 55.0. The van der Waals surface area contributed by atoms with Crippen LogP contribution in [-0.2, 0) is 14.3 Å². The first-order chi connectivity index (χ1) is 37.5. The lowest BCUT2D eigenvalue weighted by Gasteiger charge is -2.20. The Morgan fingerprint density at radius 3 is 0.934 bits per heavy atom. The van der Waals surface area contributed by atoms with Crippen molar-refractivity contribution >= 4 is 11.9 Å². The van der Waals surface area contributed by atoms with Crippen molar-refractivity contribution in [3.8, 4) is 0 Å². The molecule has 76 heavy (non-hydrogen) atoms. The van der Waals surface area contributed by atoms with E-state index < -0.39 is 12.1 Å². The maximum atomic E-state index is 12.5. The third kappa shape index (κ3) is 61.6. The summed E-state index contributed by atoms with van der Waals surface area (Å²) in [7, 11) is 0. The van der Waals surface area contributed by atoms with E-state index in [0.717, 1.165) is 44.9 Å². The Bertz CT molecular complexity index is 1190. The zero-order valence-corrected chi connectivity index (χ0v) is 51.5. The molecule has 6 heteroatoms. The summed E-state index contributed by atoms with van der Waals surface area (Å²) in [6.45, 7) is 4.94. The molecule has 0 aliphatic carbocycles. The van der Waals surface area contributed by atoms with Gasteiger partial charge in [0.05, 0.1) is 25.4 Å². The summed E-state index contributed by atoms with van der Waals surface area (Å²) in [5.74, 6) is -0.0584. The molecule has 0 saturated carbocycles. The predicted molar refractivity (Wildman–Crippen MR) is 333 cm³/mol. The smallest absolute Gasteiger partial charge is 0.305 e. The van der Waals surface area contributed by atoms with Crippen LogP contribution in [0.2, 0.25) is 0 Å². The molecule has 0 aliphatic heterocycles. The molecule has 2 atom stereocenters. The average Bonchev–Trinajstić information content (AvgIpc) is 3.42. The summed E-state index contributed by atoms with van der Waals surface area (Å²) in [6.07, 6.45) is 82.4. The number of amides is 1. The van der Waals surface area contributed by atoms with E-state index in [4.69, 9.17) is 4.74 Å². The van der Waals surface area contributed by atoms with Crippen LogP contribution < -0.4 is 5.32 Å². The van der Waals surface area contributed by atoms with Gasteiger partial charge >= 0.3 is 5.97 Å². The van der Waals surface area contributed by atoms with Crippen LogP contribution in [0.5, 0.6) is 0 Å². The van der Waals surface area contributed by atoms with Crippen LogP contribution in [0.3, 0.4) is 0 Å². The first-order valence-electron chi connectivity index (χ1n) is 34.6. The van der Waals surface area contributed by atoms with E-state index in [0.29, 0.717) is 19.4 Å². The minimum atomic E-state index is -0.850. The third-order valence-corrected chi connectivity index (χ3v) is 16.2. The van der Waals surface area contributed by atoms with E-state index in [1.807, 2.05) is 6.08 Å². The van der Waals surface area contributed by atoms with Gasteiger partial charge in [-0.3, -0.25) is 9.59 Å². The molecular weight excluding hydrogens is 935 g/mol. The molecule has 0 aromatic carbocycles. The highest BCUT2D eigenvalue weighted by Gasteiger charge is 2.18. The number of hydrogen-bond acceptors (Lipinski definition) is 5. The fourth-order valence-electron chi connectivity index (χ4n) is 10.9. The van der Waals surface area contributed by atoms with Gasteiger partial charge < -0.3 is 20.3 Å². The van der Waals surface area contributed by atoms with Crippen LogP contribution in [-0.4, -0.2) is 47.4 Å². The Hall–Kier alpha value is -1.66. The van der Waals surface area contributed by atoms with Crippen LogP contribution in [0.25, 0.3) is 0 Å². The Kier molecular flexibility index (Phi) is 64.4. The summed E-state index contributed by atoms with van der Waals surface area (Å²) in [5, 5.41) is 23.2. The van der Waals surface area contributed by atoms with E-state index in [-0.39, 0.29) is 18.5 Å². The molecule has 2 unspecified atom stereocenters. The number of nitrogens with one attached hydrogen (secondary N) is 1. The molecule has 0 rings (SSSR count). The Morgan fingerprint density at radius 2 is 0.618 bits per heavy atom. The number of rotatable bonds is 65. The molecule has 0 aromatic rings. The van der Waals surface area contributed by atoms with E-state index >= 15 is 0 Å². The average molecular weight is 1070 g/mol. The van der Waals surface area contributed by atoms with Crippen molar-refractivity contribution in [2.75, 3.05) is 13.2 Å². The Morgan fingerprint density at radius 1 is 0.355 bits per heavy atom. The molecule has 0 aromatic heterocycles. The van der Waals surface area contributed by atoms with Gasteiger partial charge in [-0.1, -0.05) is 340 Å². The van der Waals surface area contributed by atoms with E-state index in [2.05, 4.69) is 31.3 Å². The topological polar surface area (TPSA) is 95.9 Å². The Labute approximate surface area is 475 Å². The monoisotopic (exact) mass is 1070 g/mol. The van der Waals surface area contributed by atoms with E-state index in [1.165, 1.54) is 315 Å². The number of unbranched alkanes of at least 4 members (excludes halogenated alkanes) is 52. The lowest BCUT2D eigenvalue weighted by atomic mass is 10.0. The quantitative estimate of drug-likeness (QED) is 0.0320. The molecule has 450 valence electrons. The number of carbonyl (C=O) groups is 2. The third-order valence-electron chi connectivity index (χ3n) is 16.2. The van der Waals surface area contributed by atoms with Crippen LogP contribution in [0.4, 0.5) is 0 Å². The second-order valence-corrected chi connectivity index (χ2v) is 23.9. The number of esters is 1. The number of hydrogen-bond donors (Lipinski definition) is 3. The molecule has 1 amide bonds. The van der Waals surface area contributed by atoms with Crippen LogP contribution in [0.1, 0.15) is 386 Å². The number of allylic oxidation sites excluding steroid dienone is 3. The minimum Gasteiger partial charge on any atom is -0.466 e. The minimum absolute atomic E-state index is 0.0124. The number of aliphatic hydroxyl groups is 2. The van der Waals surface area contributed by atoms with Gasteiger partial charge in [-0.25, -0.2) is 0 Å². The predicted octanol–water partition coefficient (Wildman–Crippen LogP) is 22.1. The standard InChI is InChI=1S/C70H135NO5/c1-3-5-7-9-11-13-15-17-19-20-21-22-23-26-29-32-35-38-42-46-50-54-58-62-68(73)67(66-72)71-69(74)63-59-55-51-47-43-39-36-33-30-27-24-25-28-31-34-37-41-45-49-53-57-61-65-76-70(75)64-60-56-52-48-44-40-18-16-14-12-10-8-6-4-2/h27,30,58,62,67-68,72-73H,3-26,28-29,31-57,59-61,63-66H2,1-2H3,(H,71,74)/b30-27-,62-58+. The fraction of sp³-hybridized carbons (Fsp3) is 0.914. The van der Waals surface area contributed by atoms with Gasteiger partial charge in [0.25, 0.3) is 0 Å². The fourth-order valence-corrected chi connectivity index (χ4v) is 10.9. The highest BCUT2D eigenvalue weighted by molar-refractivity contribution is 5.76. The van der Waals surface area contributed by atoms with Crippen molar-refractivity contribution in [1.29, 1.82) is 0 Å². The van der Waals surface area contributed by atoms with Crippen molar-refractivity contribution in [3.05, 3.63) is 24.3 Å². The van der Waals surface area contributed by atoms with Crippen molar-refractivity contribution in [1.82, 2.24) is 5.32 Å². The summed E-state index contributed by atoms with van der Waals surface area (Å²) >= 11 is 0. The van der Waals surface area contributed by atoms with Gasteiger partial charge in [-0.2, -0.15) is 0 Å². The van der Waals surface area contributed by atoms with Gasteiger partial charge in [0.2, 0.25) is 5.91 Å². The summed E-state index contributed by atoms with van der Waals surface area (Å²) < 4.78 is 5.49. The lowest BCUT2D eigenvalue weighted by Crippen LogP contribution is -2.45. The van der Waals surface area contributed by atoms with E-state index in [1.54, 1.807) is 6.08 Å². The first-order valence-corrected chi connectivity index (χ1v) is 34.6. The molecule has 0 bridgehead atoms. The zero-order valence-electron chi connectivity index (χ0n) is 51.5. The van der Waals surface area contributed by atoms with Crippen LogP contribution in [0, 0.1) is 0 Å². The highest BCUT2D eigenvalue weighted by Crippen LogP contribution is 2.18. The molecule has 6 nitrogen and oxygen atoms in total. The summed E-state index contributed by atoms with van der Waals surface area (Å²) in [4.78, 5) is 24.6. The molecule has 0 spiro atoms. The van der Waals surface area contributed by atoms with Gasteiger partial charge in [0, 0.05) is 12.8 Å². The Balaban J connectivity index is 3.44. The second-order valence-electron chi connectivity index (χ2n) is 23.9. The van der Waals surface area contributed by atoms with Gasteiger partial charge in [-0.15, -0.1) is 0 Å². The van der Waals surface area contributed by atoms with Gasteiger partial charge in [0.1, 0.15) is 0 Å². The molecule has 0 heterocycles. The normalized spacial score (nSPS) is 12.6. The number of carbonyl (C=O) groups excluding carboxylic acids is 2. The van der Waals surface area contributed by atoms with Crippen molar-refractivity contribution < 1.29 is 24.5 Å². The number of ether oxygens (including phenoxy) is 1. The molecule has 3 N–H and O–H groups in total. The summed E-state index contributed by atoms with van der Waals surface area (Å²) in [6, 6.07) is -0.634. The largest absolute Gasteiger partial charge is 0.466 e. The molecule has 0 fully saturated rings. The van der Waals surface area contributed by atoms with Crippen molar-refractivity contribution in [2.24, 2.45) is 0 Å². The highest BCUT2D eigenvalue weighted by atomic mass is 16.5. The van der Waals surface area contributed by atoms with Crippen LogP contribution in [0.15, 0.2) is 24.3 Å². The maximum absolute atomic E-state index is 12.5. The van der Waals surface area contributed by atoms with Crippen molar-refractivity contribution in [2.45, 2.75) is 398 Å². The molecule has 0 saturated heterocycles. The molecular formula is C70H135NO5. The first kappa shape index (κ1) is 74.3. The van der Waals surface area contributed by atoms with Crippen LogP contribution >= 0.6 is 0 Å². The molecule has 0 aliphatic rings. The molecule has 0 radical (unpaired) electrons. The summed E-state index contributed by atoms with van der Waals surface area (Å²) in [5.41, 5.74) is 0. The van der Waals surface area contributed by atoms with E-state index in [9.17, 15) is 19.8 Å².